The number of aromatic amines is 1. The van der Waals surface area contributed by atoms with Gasteiger partial charge in [-0.25, -0.2) is 4.98 Å². The van der Waals surface area contributed by atoms with Gasteiger partial charge in [0.15, 0.2) is 0 Å². The van der Waals surface area contributed by atoms with E-state index in [0.29, 0.717) is 0 Å². The third-order valence-corrected chi connectivity index (χ3v) is 0.406. The number of halogens is 1. The first-order chi connectivity index (χ1) is 3.50. The highest BCUT2D eigenvalue weighted by Gasteiger charge is 1.56. The molecule has 1 heterocycles. The summed E-state index contributed by atoms with van der Waals surface area (Å²) in [6.45, 7) is 0. The van der Waals surface area contributed by atoms with E-state index in [1.807, 2.05) is 0 Å². The molecule has 1 aromatic rings. The summed E-state index contributed by atoms with van der Waals surface area (Å²) in [5.74, 6) is 0. The molecule has 0 unspecified atom stereocenters. The van der Waals surface area contributed by atoms with E-state index < -0.39 is 0 Å². The van der Waals surface area contributed by atoms with Crippen molar-refractivity contribution in [1.82, 2.24) is 9.97 Å². The van der Waals surface area contributed by atoms with E-state index in [1.54, 1.807) is 18.7 Å². The van der Waals surface area contributed by atoms with Gasteiger partial charge in [-0.2, -0.15) is 0 Å². The lowest BCUT2D eigenvalue weighted by molar-refractivity contribution is 0.748. The van der Waals surface area contributed by atoms with Crippen LogP contribution in [0.1, 0.15) is 0 Å². The van der Waals surface area contributed by atoms with E-state index in [1.165, 1.54) is 0 Å². The van der Waals surface area contributed by atoms with Crippen LogP contribution in [0.4, 0.5) is 0 Å². The second kappa shape index (κ2) is 5.90. The molecule has 0 fully saturated rings. The summed E-state index contributed by atoms with van der Waals surface area (Å²) in [5.41, 5.74) is 0. The molecule has 0 aromatic carbocycles. The lowest BCUT2D eigenvalue weighted by Crippen LogP contribution is -1.44. The first-order valence-electron chi connectivity index (χ1n) is 1.60. The monoisotopic (exact) mass is 212 g/mol. The molecule has 40 valence electrons. The zero-order valence-corrected chi connectivity index (χ0v) is 5.66. The van der Waals surface area contributed by atoms with Crippen molar-refractivity contribution in [1.29, 1.82) is 0 Å². The lowest BCUT2D eigenvalue weighted by Gasteiger charge is -1.46. The molecule has 7 heavy (non-hydrogen) atoms. The molecule has 0 spiro atoms. The van der Waals surface area contributed by atoms with Crippen LogP contribution in [0.3, 0.4) is 0 Å². The third kappa shape index (κ3) is 3.74. The SMILES string of the molecule is OI.c1c[nH]cn1. The quantitative estimate of drug-likeness (QED) is 0.623. The van der Waals surface area contributed by atoms with E-state index >= 15 is 0 Å². The molecule has 0 saturated heterocycles. The zero-order chi connectivity index (χ0) is 5.54. The average Bonchev–Trinajstić information content (AvgIpc) is 2.23. The predicted octanol–water partition coefficient (Wildman–Crippen LogP) is 0.738. The van der Waals surface area contributed by atoms with Crippen LogP contribution in [0, 0.1) is 0 Å². The molecule has 0 saturated carbocycles. The topological polar surface area (TPSA) is 48.9 Å². The highest BCUT2D eigenvalue weighted by atomic mass is 127. The van der Waals surface area contributed by atoms with Crippen LogP contribution >= 0.6 is 23.0 Å². The number of nitrogens with zero attached hydrogens (tertiary/aromatic N) is 1. The molecule has 0 radical (unpaired) electrons. The molecule has 1 rings (SSSR count). The number of nitrogens with one attached hydrogen (secondary N) is 1. The first kappa shape index (κ1) is 6.90. The van der Waals surface area contributed by atoms with Crippen molar-refractivity contribution in [2.75, 3.05) is 0 Å². The average molecular weight is 212 g/mol. The number of rotatable bonds is 0. The normalized spacial score (nSPS) is 6.57. The van der Waals surface area contributed by atoms with Gasteiger partial charge in [0, 0.05) is 12.4 Å². The number of hydrogen-bond donors (Lipinski definition) is 2. The van der Waals surface area contributed by atoms with Gasteiger partial charge in [0.25, 0.3) is 0 Å². The Hall–Kier alpha value is -0.100. The molecule has 0 aliphatic heterocycles. The van der Waals surface area contributed by atoms with Crippen molar-refractivity contribution in [2.45, 2.75) is 0 Å². The van der Waals surface area contributed by atoms with Crippen LogP contribution in [0.25, 0.3) is 0 Å². The largest absolute Gasteiger partial charge is 0.351 e. The summed E-state index contributed by atoms with van der Waals surface area (Å²) in [5, 5.41) is 0. The van der Waals surface area contributed by atoms with Crippen molar-refractivity contribution in [3.63, 3.8) is 0 Å². The van der Waals surface area contributed by atoms with Gasteiger partial charge in [0.1, 0.15) is 23.0 Å². The summed E-state index contributed by atoms with van der Waals surface area (Å²) in [4.78, 5) is 6.42. The molecule has 2 N–H and O–H groups in total. The smallest absolute Gasteiger partial charge is 0.106 e. The number of imidazole rings is 1. The fourth-order valence-corrected chi connectivity index (χ4v) is 0.215. The maximum absolute atomic E-state index is 6.97. The van der Waals surface area contributed by atoms with E-state index in [9.17, 15) is 0 Å². The van der Waals surface area contributed by atoms with E-state index in [2.05, 4.69) is 9.97 Å². The zero-order valence-electron chi connectivity index (χ0n) is 3.50. The molecule has 3 nitrogen and oxygen atoms in total. The van der Waals surface area contributed by atoms with Crippen LogP contribution in [0.2, 0.25) is 0 Å². The maximum atomic E-state index is 6.97. The number of H-pyrrole nitrogens is 1. The van der Waals surface area contributed by atoms with Gasteiger partial charge >= 0.3 is 0 Å². The Morgan fingerprint density at radius 2 is 2.29 bits per heavy atom. The van der Waals surface area contributed by atoms with Gasteiger partial charge in [-0.3, -0.25) is 0 Å². The standard InChI is InChI=1S/C3H4N2.HIO/c1-2-5-3-4-1;1-2/h1-3H,(H,4,5);2H. The molecule has 0 aliphatic rings. The van der Waals surface area contributed by atoms with Gasteiger partial charge < -0.3 is 8.42 Å². The molecular formula is C3H5IN2O. The Labute approximate surface area is 55.5 Å². The van der Waals surface area contributed by atoms with Crippen molar-refractivity contribution >= 4 is 23.0 Å². The van der Waals surface area contributed by atoms with Crippen molar-refractivity contribution in [3.8, 4) is 0 Å². The van der Waals surface area contributed by atoms with Gasteiger partial charge in [-0.15, -0.1) is 0 Å². The van der Waals surface area contributed by atoms with Crippen LogP contribution in [0.5, 0.6) is 0 Å². The van der Waals surface area contributed by atoms with E-state index in [4.69, 9.17) is 3.44 Å². The van der Waals surface area contributed by atoms with Crippen molar-refractivity contribution in [3.05, 3.63) is 18.7 Å². The van der Waals surface area contributed by atoms with E-state index in [-0.39, 0.29) is 0 Å². The fourth-order valence-electron chi connectivity index (χ4n) is 0.215. The number of aromatic nitrogens is 2. The summed E-state index contributed by atoms with van der Waals surface area (Å²) in [7, 11) is 0. The minimum Gasteiger partial charge on any atom is -0.351 e. The summed E-state index contributed by atoms with van der Waals surface area (Å²) in [6.07, 6.45) is 5.08. The summed E-state index contributed by atoms with van der Waals surface area (Å²) < 4.78 is 6.97. The minimum absolute atomic E-state index is 1.15. The predicted molar refractivity (Wildman–Crippen MR) is 34.8 cm³/mol. The fraction of sp³-hybridized carbons (Fsp3) is 0. The molecule has 0 bridgehead atoms. The lowest BCUT2D eigenvalue weighted by atomic mass is 11.0. The van der Waals surface area contributed by atoms with Gasteiger partial charge in [-0.05, 0) is 0 Å². The number of hydrogen-bond acceptors (Lipinski definition) is 2. The molecular weight excluding hydrogens is 207 g/mol. The van der Waals surface area contributed by atoms with Gasteiger partial charge in [0.05, 0.1) is 6.33 Å². The Morgan fingerprint density at radius 1 is 1.57 bits per heavy atom. The Balaban J connectivity index is 0.000000162. The Morgan fingerprint density at radius 3 is 2.43 bits per heavy atom. The van der Waals surface area contributed by atoms with Crippen LogP contribution in [0.15, 0.2) is 18.7 Å². The van der Waals surface area contributed by atoms with Crippen LogP contribution in [-0.2, 0) is 0 Å². The highest BCUT2D eigenvalue weighted by molar-refractivity contribution is 14.1. The Kier molecular flexibility index (Phi) is 5.82. The first-order valence-corrected chi connectivity index (χ1v) is 2.56. The third-order valence-electron chi connectivity index (χ3n) is 0.406. The maximum Gasteiger partial charge on any atom is 0.106 e. The second-order valence-electron chi connectivity index (χ2n) is 0.761. The minimum atomic E-state index is 1.15. The van der Waals surface area contributed by atoms with Crippen LogP contribution < -0.4 is 0 Å². The van der Waals surface area contributed by atoms with Gasteiger partial charge in [0.2, 0.25) is 0 Å². The summed E-state index contributed by atoms with van der Waals surface area (Å²) >= 11 is 1.15. The molecule has 4 heteroatoms. The molecule has 0 amide bonds. The molecule has 1 aromatic heterocycles. The molecule has 0 atom stereocenters. The summed E-state index contributed by atoms with van der Waals surface area (Å²) in [6, 6.07) is 0. The van der Waals surface area contributed by atoms with E-state index in [0.717, 1.165) is 23.0 Å². The van der Waals surface area contributed by atoms with Crippen molar-refractivity contribution < 1.29 is 3.44 Å². The second-order valence-corrected chi connectivity index (χ2v) is 0.761. The van der Waals surface area contributed by atoms with Crippen LogP contribution in [-0.4, -0.2) is 13.4 Å². The Bertz CT molecular complexity index is 69.4. The molecule has 0 aliphatic carbocycles. The van der Waals surface area contributed by atoms with Crippen molar-refractivity contribution in [2.24, 2.45) is 0 Å². The highest BCUT2D eigenvalue weighted by Crippen LogP contribution is 1.62. The van der Waals surface area contributed by atoms with Gasteiger partial charge in [-0.1, -0.05) is 0 Å².